The summed E-state index contributed by atoms with van der Waals surface area (Å²) < 4.78 is 0. The average molecular weight is 372 g/mol. The van der Waals surface area contributed by atoms with Crippen LogP contribution in [0.2, 0.25) is 0 Å². The number of benzene rings is 1. The normalized spacial score (nSPS) is 19.9. The largest absolute Gasteiger partial charge is 0.342 e. The minimum atomic E-state index is -0.242. The molecule has 2 fully saturated rings. The highest BCUT2D eigenvalue weighted by molar-refractivity contribution is 5.83. The zero-order valence-electron chi connectivity index (χ0n) is 16.8. The molecule has 0 radical (unpaired) electrons. The number of hydrogen-bond donors (Lipinski definition) is 0. The molecule has 0 aliphatic carbocycles. The van der Waals surface area contributed by atoms with Gasteiger partial charge in [-0.1, -0.05) is 30.3 Å². The predicted octanol–water partition coefficient (Wildman–Crippen LogP) is 2.93. The fourth-order valence-electron chi connectivity index (χ4n) is 4.45. The Morgan fingerprint density at radius 3 is 2.15 bits per heavy atom. The Morgan fingerprint density at radius 2 is 1.59 bits per heavy atom. The van der Waals surface area contributed by atoms with Gasteiger partial charge in [0.15, 0.2) is 0 Å². The molecule has 5 heteroatoms. The van der Waals surface area contributed by atoms with E-state index in [2.05, 4.69) is 4.90 Å². The van der Waals surface area contributed by atoms with Crippen LogP contribution in [0, 0.1) is 5.92 Å². The van der Waals surface area contributed by atoms with Gasteiger partial charge in [-0.3, -0.25) is 14.5 Å². The minimum absolute atomic E-state index is 0.124. The summed E-state index contributed by atoms with van der Waals surface area (Å²) in [5.74, 6) is 0.633. The molecule has 1 aromatic rings. The smallest absolute Gasteiger partial charge is 0.244 e. The van der Waals surface area contributed by atoms with Crippen molar-refractivity contribution in [3.05, 3.63) is 35.9 Å². The van der Waals surface area contributed by atoms with Gasteiger partial charge in [0.25, 0.3) is 0 Å². The summed E-state index contributed by atoms with van der Waals surface area (Å²) in [5, 5.41) is 0. The van der Waals surface area contributed by atoms with Gasteiger partial charge >= 0.3 is 0 Å². The van der Waals surface area contributed by atoms with Crippen molar-refractivity contribution in [1.82, 2.24) is 14.7 Å². The van der Waals surface area contributed by atoms with E-state index in [0.717, 1.165) is 70.5 Å². The molecule has 1 aromatic carbocycles. The molecule has 0 aromatic heterocycles. The molecule has 2 saturated heterocycles. The molecule has 0 bridgehead atoms. The molecule has 0 N–H and O–H groups in total. The van der Waals surface area contributed by atoms with Crippen LogP contribution in [0.5, 0.6) is 0 Å². The highest BCUT2D eigenvalue weighted by atomic mass is 16.2. The number of nitrogens with zero attached hydrogens (tertiary/aromatic N) is 3. The Balaban J connectivity index is 1.70. The van der Waals surface area contributed by atoms with Crippen molar-refractivity contribution in [2.75, 3.05) is 39.3 Å². The maximum atomic E-state index is 13.2. The maximum absolute atomic E-state index is 13.2. The molecule has 148 valence electrons. The summed E-state index contributed by atoms with van der Waals surface area (Å²) >= 11 is 0. The number of hydrogen-bond acceptors (Lipinski definition) is 3. The second kappa shape index (κ2) is 9.36. The summed E-state index contributed by atoms with van der Waals surface area (Å²) in [5.41, 5.74) is 1.05. The number of likely N-dealkylation sites (N-methyl/N-ethyl adjacent to an activating group) is 1. The lowest BCUT2D eigenvalue weighted by atomic mass is 9.92. The molecule has 27 heavy (non-hydrogen) atoms. The van der Waals surface area contributed by atoms with Crippen LogP contribution in [0.4, 0.5) is 0 Å². The third-order valence-corrected chi connectivity index (χ3v) is 6.09. The SMILES string of the molecule is CCN(CC)C(=O)C(c1ccccc1)N1CCC(C(=O)N2CCCC2)CC1. The van der Waals surface area contributed by atoms with E-state index in [1.807, 2.05) is 54.0 Å². The quantitative estimate of drug-likeness (QED) is 0.772. The van der Waals surface area contributed by atoms with E-state index >= 15 is 0 Å². The standard InChI is InChI=1S/C22H33N3O2/c1-3-23(4-2)22(27)20(18-10-6-5-7-11-18)24-16-12-19(13-17-24)21(26)25-14-8-9-15-25/h5-7,10-11,19-20H,3-4,8-9,12-17H2,1-2H3. The van der Waals surface area contributed by atoms with Crippen LogP contribution >= 0.6 is 0 Å². The third kappa shape index (κ3) is 4.52. The monoisotopic (exact) mass is 371 g/mol. The number of carbonyl (C=O) groups excluding carboxylic acids is 2. The Morgan fingerprint density at radius 1 is 1.00 bits per heavy atom. The Hall–Kier alpha value is -1.88. The number of rotatable bonds is 6. The molecular formula is C22H33N3O2. The van der Waals surface area contributed by atoms with E-state index in [1.165, 1.54) is 0 Å². The lowest BCUT2D eigenvalue weighted by molar-refractivity contribution is -0.139. The second-order valence-electron chi connectivity index (χ2n) is 7.67. The highest BCUT2D eigenvalue weighted by Crippen LogP contribution is 2.30. The van der Waals surface area contributed by atoms with Crippen molar-refractivity contribution in [3.63, 3.8) is 0 Å². The van der Waals surface area contributed by atoms with Gasteiger partial charge < -0.3 is 9.80 Å². The van der Waals surface area contributed by atoms with Crippen molar-refractivity contribution in [2.24, 2.45) is 5.92 Å². The Labute approximate surface area is 163 Å². The summed E-state index contributed by atoms with van der Waals surface area (Å²) in [7, 11) is 0. The van der Waals surface area contributed by atoms with Gasteiger partial charge in [0, 0.05) is 32.1 Å². The molecule has 1 unspecified atom stereocenters. The van der Waals surface area contributed by atoms with Crippen LogP contribution < -0.4 is 0 Å². The van der Waals surface area contributed by atoms with Crippen molar-refractivity contribution in [3.8, 4) is 0 Å². The first kappa shape index (κ1) is 19.9. The van der Waals surface area contributed by atoms with Crippen molar-refractivity contribution in [2.45, 2.75) is 45.6 Å². The zero-order valence-corrected chi connectivity index (χ0v) is 16.8. The van der Waals surface area contributed by atoms with Crippen molar-refractivity contribution < 1.29 is 9.59 Å². The number of piperidine rings is 1. The summed E-state index contributed by atoms with van der Waals surface area (Å²) in [6, 6.07) is 9.85. The lowest BCUT2D eigenvalue weighted by Gasteiger charge is -2.39. The zero-order chi connectivity index (χ0) is 19.2. The number of carbonyl (C=O) groups is 2. The molecular weight excluding hydrogens is 338 g/mol. The van der Waals surface area contributed by atoms with Crippen LogP contribution in [0.1, 0.15) is 51.1 Å². The number of amides is 2. The van der Waals surface area contributed by atoms with Gasteiger partial charge in [-0.25, -0.2) is 0 Å². The van der Waals surface area contributed by atoms with E-state index in [9.17, 15) is 9.59 Å². The highest BCUT2D eigenvalue weighted by Gasteiger charge is 2.36. The molecule has 2 aliphatic rings. The van der Waals surface area contributed by atoms with Gasteiger partial charge in [0.2, 0.25) is 11.8 Å². The maximum Gasteiger partial charge on any atom is 0.244 e. The van der Waals surface area contributed by atoms with Crippen LogP contribution in [0.3, 0.4) is 0 Å². The second-order valence-corrected chi connectivity index (χ2v) is 7.67. The van der Waals surface area contributed by atoms with E-state index in [1.54, 1.807) is 0 Å². The van der Waals surface area contributed by atoms with E-state index in [-0.39, 0.29) is 17.9 Å². The molecule has 2 aliphatic heterocycles. The van der Waals surface area contributed by atoms with Crippen molar-refractivity contribution >= 4 is 11.8 Å². The van der Waals surface area contributed by atoms with Gasteiger partial charge in [-0.05, 0) is 58.2 Å². The van der Waals surface area contributed by atoms with Gasteiger partial charge in [-0.2, -0.15) is 0 Å². The molecule has 2 amide bonds. The Kier molecular flexibility index (Phi) is 6.89. The molecule has 0 saturated carbocycles. The minimum Gasteiger partial charge on any atom is -0.342 e. The van der Waals surface area contributed by atoms with Crippen molar-refractivity contribution in [1.29, 1.82) is 0 Å². The third-order valence-electron chi connectivity index (χ3n) is 6.09. The molecule has 0 spiro atoms. The van der Waals surface area contributed by atoms with Crippen LogP contribution in [-0.2, 0) is 9.59 Å². The fourth-order valence-corrected chi connectivity index (χ4v) is 4.45. The first-order valence-corrected chi connectivity index (χ1v) is 10.5. The van der Waals surface area contributed by atoms with Crippen LogP contribution in [0.15, 0.2) is 30.3 Å². The predicted molar refractivity (Wildman–Crippen MR) is 107 cm³/mol. The molecule has 2 heterocycles. The first-order chi connectivity index (χ1) is 13.2. The van der Waals surface area contributed by atoms with Crippen LogP contribution in [-0.4, -0.2) is 65.8 Å². The average Bonchev–Trinajstić information content (AvgIpc) is 3.25. The van der Waals surface area contributed by atoms with Gasteiger partial charge in [0.05, 0.1) is 0 Å². The summed E-state index contributed by atoms with van der Waals surface area (Å²) in [6.45, 7) is 8.96. The first-order valence-electron chi connectivity index (χ1n) is 10.5. The molecule has 5 nitrogen and oxygen atoms in total. The molecule has 3 rings (SSSR count). The van der Waals surface area contributed by atoms with Crippen LogP contribution in [0.25, 0.3) is 0 Å². The molecule has 1 atom stereocenters. The van der Waals surface area contributed by atoms with Gasteiger partial charge in [-0.15, -0.1) is 0 Å². The van der Waals surface area contributed by atoms with E-state index < -0.39 is 0 Å². The topological polar surface area (TPSA) is 43.9 Å². The Bertz CT molecular complexity index is 616. The lowest BCUT2D eigenvalue weighted by Crippen LogP contribution is -2.47. The van der Waals surface area contributed by atoms with E-state index in [0.29, 0.717) is 5.91 Å². The summed E-state index contributed by atoms with van der Waals surface area (Å²) in [4.78, 5) is 32.2. The van der Waals surface area contributed by atoms with Gasteiger partial charge in [0.1, 0.15) is 6.04 Å². The summed E-state index contributed by atoms with van der Waals surface area (Å²) in [6.07, 6.45) is 3.98. The van der Waals surface area contributed by atoms with E-state index in [4.69, 9.17) is 0 Å². The number of likely N-dealkylation sites (tertiary alicyclic amines) is 2. The fraction of sp³-hybridized carbons (Fsp3) is 0.636.